The van der Waals surface area contributed by atoms with Gasteiger partial charge in [0.25, 0.3) is 0 Å². The maximum absolute atomic E-state index is 11.4. The summed E-state index contributed by atoms with van der Waals surface area (Å²) in [7, 11) is 0. The van der Waals surface area contributed by atoms with E-state index in [-0.39, 0.29) is 17.7 Å². The summed E-state index contributed by atoms with van der Waals surface area (Å²) >= 11 is 0. The van der Waals surface area contributed by atoms with Crippen molar-refractivity contribution in [3.05, 3.63) is 65.7 Å². The summed E-state index contributed by atoms with van der Waals surface area (Å²) in [5.74, 6) is 0.549. The topological polar surface area (TPSA) is 55.6 Å². The average molecular weight is 334 g/mol. The molecule has 4 nitrogen and oxygen atoms in total. The number of rotatable bonds is 3. The number of fused-ring (bicyclic) bond motifs is 2. The van der Waals surface area contributed by atoms with Crippen molar-refractivity contribution >= 4 is 17.7 Å². The lowest BCUT2D eigenvalue weighted by molar-refractivity contribution is -0.117. The summed E-state index contributed by atoms with van der Waals surface area (Å²) in [6, 6.07) is 16.3. The smallest absolute Gasteiger partial charge is 0.219 e. The van der Waals surface area contributed by atoms with Gasteiger partial charge in [-0.3, -0.25) is 4.79 Å². The predicted octanol–water partition coefficient (Wildman–Crippen LogP) is 3.46. The lowest BCUT2D eigenvalue weighted by atomic mass is 9.76. The van der Waals surface area contributed by atoms with Crippen LogP contribution in [0.3, 0.4) is 0 Å². The molecule has 0 radical (unpaired) electrons. The Labute approximate surface area is 147 Å². The van der Waals surface area contributed by atoms with Crippen molar-refractivity contribution in [1.29, 1.82) is 0 Å². The lowest BCUT2D eigenvalue weighted by Crippen LogP contribution is -2.60. The van der Waals surface area contributed by atoms with Gasteiger partial charge in [-0.1, -0.05) is 36.4 Å². The van der Waals surface area contributed by atoms with Gasteiger partial charge < -0.3 is 15.4 Å². The van der Waals surface area contributed by atoms with E-state index < -0.39 is 5.72 Å². The van der Waals surface area contributed by atoms with E-state index in [4.69, 9.17) is 10.5 Å². The van der Waals surface area contributed by atoms with E-state index in [2.05, 4.69) is 43.0 Å². The van der Waals surface area contributed by atoms with E-state index in [1.165, 1.54) is 5.56 Å². The summed E-state index contributed by atoms with van der Waals surface area (Å²) in [5, 5.41) is 0. The van der Waals surface area contributed by atoms with Crippen molar-refractivity contribution in [3.8, 4) is 5.75 Å². The Bertz CT molecular complexity index is 872. The van der Waals surface area contributed by atoms with Crippen LogP contribution >= 0.6 is 0 Å². The van der Waals surface area contributed by atoms with E-state index in [0.717, 1.165) is 17.0 Å². The van der Waals surface area contributed by atoms with Gasteiger partial charge in [-0.2, -0.15) is 0 Å². The van der Waals surface area contributed by atoms with Gasteiger partial charge in [0, 0.05) is 24.2 Å². The number of nitrogens with zero attached hydrogens (tertiary/aromatic N) is 1. The Morgan fingerprint density at radius 1 is 1.12 bits per heavy atom. The Balaban J connectivity index is 1.86. The molecule has 2 aliphatic rings. The molecule has 1 spiro atoms. The summed E-state index contributed by atoms with van der Waals surface area (Å²) in [4.78, 5) is 13.6. The van der Waals surface area contributed by atoms with Crippen LogP contribution in [0.1, 0.15) is 31.4 Å². The fourth-order valence-corrected chi connectivity index (χ4v) is 4.05. The molecule has 25 heavy (non-hydrogen) atoms. The maximum atomic E-state index is 11.4. The van der Waals surface area contributed by atoms with E-state index in [1.807, 2.05) is 36.4 Å². The molecule has 2 aromatic rings. The van der Waals surface area contributed by atoms with Crippen LogP contribution in [0.2, 0.25) is 0 Å². The van der Waals surface area contributed by atoms with E-state index in [9.17, 15) is 4.79 Å². The van der Waals surface area contributed by atoms with Crippen LogP contribution in [0, 0.1) is 0 Å². The zero-order valence-electron chi connectivity index (χ0n) is 14.5. The van der Waals surface area contributed by atoms with Crippen LogP contribution in [0.4, 0.5) is 5.69 Å². The highest BCUT2D eigenvalue weighted by Crippen LogP contribution is 2.54. The van der Waals surface area contributed by atoms with Gasteiger partial charge in [-0.05, 0) is 43.7 Å². The Morgan fingerprint density at radius 2 is 1.84 bits per heavy atom. The number of hydrogen-bond donors (Lipinski definition) is 1. The van der Waals surface area contributed by atoms with Crippen LogP contribution in [-0.4, -0.2) is 18.2 Å². The molecule has 128 valence electrons. The molecular formula is C21H22N2O2. The largest absolute Gasteiger partial charge is 0.463 e. The summed E-state index contributed by atoms with van der Waals surface area (Å²) < 4.78 is 6.61. The standard InChI is InChI=1S/C21H22N2O2/c1-20(2)16-8-4-5-9-17(16)23(14-12-19(22)24)21(20)13-11-15-7-3-6-10-18(15)25-21/h3-11,13H,12,14H2,1-2H3,(H2,22,24). The summed E-state index contributed by atoms with van der Waals surface area (Å²) in [6.07, 6.45) is 4.52. The second-order valence-corrected chi connectivity index (χ2v) is 7.18. The number of amides is 1. The molecule has 0 saturated heterocycles. The summed E-state index contributed by atoms with van der Waals surface area (Å²) in [5.41, 5.74) is 7.83. The molecule has 4 heteroatoms. The normalized spacial score (nSPS) is 22.4. The van der Waals surface area contributed by atoms with Gasteiger partial charge in [0.1, 0.15) is 5.75 Å². The third-order valence-corrected chi connectivity index (χ3v) is 5.42. The van der Waals surface area contributed by atoms with Gasteiger partial charge in [-0.15, -0.1) is 0 Å². The number of primary amides is 1. The Kier molecular flexibility index (Phi) is 3.39. The first kappa shape index (κ1) is 15.8. The molecule has 0 bridgehead atoms. The van der Waals surface area contributed by atoms with E-state index >= 15 is 0 Å². The number of ether oxygens (including phenoxy) is 1. The first-order chi connectivity index (χ1) is 12.0. The van der Waals surface area contributed by atoms with Crippen molar-refractivity contribution in [2.24, 2.45) is 5.73 Å². The minimum Gasteiger partial charge on any atom is -0.463 e. The highest BCUT2D eigenvalue weighted by atomic mass is 16.5. The molecule has 0 aliphatic carbocycles. The zero-order chi connectivity index (χ0) is 17.7. The van der Waals surface area contributed by atoms with Crippen LogP contribution in [0.15, 0.2) is 54.6 Å². The van der Waals surface area contributed by atoms with E-state index in [0.29, 0.717) is 6.54 Å². The molecule has 2 aromatic carbocycles. The second-order valence-electron chi connectivity index (χ2n) is 7.18. The number of benzene rings is 2. The average Bonchev–Trinajstić information content (AvgIpc) is 2.78. The number of nitrogens with two attached hydrogens (primary N) is 1. The highest BCUT2D eigenvalue weighted by Gasteiger charge is 2.58. The molecular weight excluding hydrogens is 312 g/mol. The van der Waals surface area contributed by atoms with Crippen LogP contribution in [0.5, 0.6) is 5.75 Å². The van der Waals surface area contributed by atoms with Crippen LogP contribution < -0.4 is 15.4 Å². The molecule has 0 saturated carbocycles. The molecule has 2 aliphatic heterocycles. The predicted molar refractivity (Wildman–Crippen MR) is 99.5 cm³/mol. The van der Waals surface area contributed by atoms with Gasteiger partial charge in [-0.25, -0.2) is 0 Å². The number of carbonyl (C=O) groups is 1. The lowest BCUT2D eigenvalue weighted by Gasteiger charge is -2.47. The van der Waals surface area contributed by atoms with Gasteiger partial charge >= 0.3 is 0 Å². The minimum atomic E-state index is -0.680. The third-order valence-electron chi connectivity index (χ3n) is 5.42. The molecule has 4 rings (SSSR count). The van der Waals surface area contributed by atoms with E-state index in [1.54, 1.807) is 0 Å². The second kappa shape index (κ2) is 5.38. The Hall–Kier alpha value is -2.75. The monoisotopic (exact) mass is 334 g/mol. The van der Waals surface area contributed by atoms with Gasteiger partial charge in [0.05, 0.1) is 5.41 Å². The highest BCUT2D eigenvalue weighted by molar-refractivity contribution is 5.76. The SMILES string of the molecule is CC1(C)c2ccccc2N(CCC(N)=O)C12C=Cc1ccccc1O2. The van der Waals surface area contributed by atoms with Crippen molar-refractivity contribution < 1.29 is 9.53 Å². The molecule has 1 atom stereocenters. The number of para-hydroxylation sites is 2. The molecule has 0 aromatic heterocycles. The molecule has 2 heterocycles. The summed E-state index contributed by atoms with van der Waals surface area (Å²) in [6.45, 7) is 4.89. The van der Waals surface area contributed by atoms with Gasteiger partial charge in [0.2, 0.25) is 11.6 Å². The Morgan fingerprint density at radius 3 is 2.64 bits per heavy atom. The van der Waals surface area contributed by atoms with Crippen molar-refractivity contribution in [2.75, 3.05) is 11.4 Å². The number of anilines is 1. The number of hydrogen-bond acceptors (Lipinski definition) is 3. The fourth-order valence-electron chi connectivity index (χ4n) is 4.05. The van der Waals surface area contributed by atoms with Crippen molar-refractivity contribution in [1.82, 2.24) is 0 Å². The minimum absolute atomic E-state index is 0.283. The zero-order valence-corrected chi connectivity index (χ0v) is 14.5. The third kappa shape index (κ3) is 2.17. The molecule has 2 N–H and O–H groups in total. The first-order valence-electron chi connectivity index (χ1n) is 8.58. The van der Waals surface area contributed by atoms with Crippen LogP contribution in [-0.2, 0) is 10.2 Å². The molecule has 1 amide bonds. The first-order valence-corrected chi connectivity index (χ1v) is 8.58. The quantitative estimate of drug-likeness (QED) is 0.935. The van der Waals surface area contributed by atoms with Crippen LogP contribution in [0.25, 0.3) is 6.08 Å². The van der Waals surface area contributed by atoms with Gasteiger partial charge in [0.15, 0.2) is 0 Å². The molecule has 1 unspecified atom stereocenters. The fraction of sp³-hybridized carbons (Fsp3) is 0.286. The molecule has 0 fully saturated rings. The van der Waals surface area contributed by atoms with Crippen molar-refractivity contribution in [3.63, 3.8) is 0 Å². The maximum Gasteiger partial charge on any atom is 0.219 e. The number of carbonyl (C=O) groups excluding carboxylic acids is 1. The van der Waals surface area contributed by atoms with Crippen molar-refractivity contribution in [2.45, 2.75) is 31.4 Å².